The summed E-state index contributed by atoms with van der Waals surface area (Å²) in [5.74, 6) is 2.21. The Bertz CT molecular complexity index is 448. The van der Waals surface area contributed by atoms with Crippen molar-refractivity contribution in [1.82, 2.24) is 10.1 Å². The highest BCUT2D eigenvalue weighted by molar-refractivity contribution is 6.16. The number of rotatable bonds is 3. The molecule has 0 radical (unpaired) electrons. The van der Waals surface area contributed by atoms with Crippen LogP contribution in [0.15, 0.2) is 21.2 Å². The van der Waals surface area contributed by atoms with Gasteiger partial charge < -0.3 is 8.94 Å². The van der Waals surface area contributed by atoms with Crippen molar-refractivity contribution < 1.29 is 8.94 Å². The van der Waals surface area contributed by atoms with Crippen LogP contribution in [0, 0.1) is 0 Å². The van der Waals surface area contributed by atoms with E-state index in [1.165, 1.54) is 0 Å². The van der Waals surface area contributed by atoms with Gasteiger partial charge in [-0.05, 0) is 5.92 Å². The number of alkyl halides is 1. The van der Waals surface area contributed by atoms with Gasteiger partial charge in [0.05, 0.1) is 17.8 Å². The molecule has 0 saturated carbocycles. The minimum absolute atomic E-state index is 0.255. The van der Waals surface area contributed by atoms with Crippen LogP contribution in [0.2, 0.25) is 0 Å². The Morgan fingerprint density at radius 2 is 2.20 bits per heavy atom. The van der Waals surface area contributed by atoms with E-state index in [0.717, 1.165) is 5.69 Å². The Balaban J connectivity index is 2.28. The zero-order valence-corrected chi connectivity index (χ0v) is 9.28. The minimum Gasteiger partial charge on any atom is -0.436 e. The molecule has 0 unspecified atom stereocenters. The van der Waals surface area contributed by atoms with Crippen molar-refractivity contribution >= 4 is 11.6 Å². The molecule has 2 aromatic heterocycles. The summed E-state index contributed by atoms with van der Waals surface area (Å²) in [7, 11) is 0. The van der Waals surface area contributed by atoms with Gasteiger partial charge in [-0.2, -0.15) is 0 Å². The first kappa shape index (κ1) is 10.2. The van der Waals surface area contributed by atoms with Gasteiger partial charge in [-0.15, -0.1) is 11.6 Å². The maximum atomic E-state index is 5.58. The molecular weight excluding hydrogens is 216 g/mol. The molecule has 0 saturated heterocycles. The Kier molecular flexibility index (Phi) is 2.77. The van der Waals surface area contributed by atoms with Crippen molar-refractivity contribution in [2.24, 2.45) is 0 Å². The molecule has 5 heteroatoms. The van der Waals surface area contributed by atoms with Gasteiger partial charge in [0.25, 0.3) is 0 Å². The zero-order valence-electron chi connectivity index (χ0n) is 8.53. The molecule has 0 aliphatic heterocycles. The van der Waals surface area contributed by atoms with Crippen LogP contribution in [0.4, 0.5) is 0 Å². The molecule has 0 aliphatic carbocycles. The number of oxazole rings is 1. The molecule has 80 valence electrons. The topological polar surface area (TPSA) is 52.1 Å². The Hall–Kier alpha value is -1.29. The third kappa shape index (κ3) is 2.04. The smallest absolute Gasteiger partial charge is 0.210 e. The molecule has 4 nitrogen and oxygen atoms in total. The van der Waals surface area contributed by atoms with Crippen molar-refractivity contribution in [1.29, 1.82) is 0 Å². The minimum atomic E-state index is 0.255. The van der Waals surface area contributed by atoms with Gasteiger partial charge in [0.2, 0.25) is 11.7 Å². The predicted molar refractivity (Wildman–Crippen MR) is 55.6 cm³/mol. The summed E-state index contributed by atoms with van der Waals surface area (Å²) in [6, 6.07) is 1.85. The molecule has 0 bridgehead atoms. The van der Waals surface area contributed by atoms with Gasteiger partial charge in [0.15, 0.2) is 5.76 Å². The fourth-order valence-electron chi connectivity index (χ4n) is 1.16. The fourth-order valence-corrected chi connectivity index (χ4v) is 1.29. The molecule has 15 heavy (non-hydrogen) atoms. The van der Waals surface area contributed by atoms with Gasteiger partial charge in [-0.1, -0.05) is 19.0 Å². The van der Waals surface area contributed by atoms with E-state index in [2.05, 4.69) is 10.1 Å². The zero-order chi connectivity index (χ0) is 10.8. The average molecular weight is 227 g/mol. The van der Waals surface area contributed by atoms with E-state index in [9.17, 15) is 0 Å². The Morgan fingerprint density at radius 3 is 2.73 bits per heavy atom. The first-order valence-electron chi connectivity index (χ1n) is 4.68. The van der Waals surface area contributed by atoms with Crippen molar-refractivity contribution in [3.05, 3.63) is 23.8 Å². The molecule has 0 N–H and O–H groups in total. The summed E-state index contributed by atoms with van der Waals surface area (Å²) in [5, 5.41) is 3.93. The van der Waals surface area contributed by atoms with E-state index in [1.54, 1.807) is 6.20 Å². The van der Waals surface area contributed by atoms with E-state index in [0.29, 0.717) is 23.3 Å². The van der Waals surface area contributed by atoms with Crippen LogP contribution in [0.5, 0.6) is 0 Å². The molecule has 0 fully saturated rings. The lowest BCUT2D eigenvalue weighted by Gasteiger charge is -1.92. The van der Waals surface area contributed by atoms with Gasteiger partial charge in [-0.3, -0.25) is 0 Å². The molecule has 0 spiro atoms. The summed E-state index contributed by atoms with van der Waals surface area (Å²) >= 11 is 5.58. The molecule has 2 aromatic rings. The van der Waals surface area contributed by atoms with Crippen molar-refractivity contribution in [2.45, 2.75) is 25.6 Å². The number of nitrogens with zero attached hydrogens (tertiary/aromatic N) is 2. The lowest BCUT2D eigenvalue weighted by molar-refractivity contribution is 0.404. The number of aromatic nitrogens is 2. The molecule has 0 aliphatic rings. The highest BCUT2D eigenvalue weighted by Crippen LogP contribution is 2.24. The van der Waals surface area contributed by atoms with Crippen LogP contribution in [-0.4, -0.2) is 10.1 Å². The maximum absolute atomic E-state index is 5.58. The largest absolute Gasteiger partial charge is 0.436 e. The summed E-state index contributed by atoms with van der Waals surface area (Å²) in [6.07, 6.45) is 1.59. The first-order chi connectivity index (χ1) is 7.20. The molecule has 0 aromatic carbocycles. The molecular formula is C10H11ClN2O2. The lowest BCUT2D eigenvalue weighted by Crippen LogP contribution is -1.84. The Morgan fingerprint density at radius 1 is 1.40 bits per heavy atom. The van der Waals surface area contributed by atoms with Crippen LogP contribution < -0.4 is 0 Å². The van der Waals surface area contributed by atoms with Gasteiger partial charge in [0.1, 0.15) is 0 Å². The first-order valence-corrected chi connectivity index (χ1v) is 5.22. The summed E-state index contributed by atoms with van der Waals surface area (Å²) in [6.45, 7) is 4.10. The van der Waals surface area contributed by atoms with Gasteiger partial charge in [-0.25, -0.2) is 4.98 Å². The second kappa shape index (κ2) is 4.06. The SMILES string of the molecule is CC(C)c1cc(-c2cnc(CCl)o2)on1. The van der Waals surface area contributed by atoms with E-state index in [1.807, 2.05) is 19.9 Å². The van der Waals surface area contributed by atoms with Crippen LogP contribution >= 0.6 is 11.6 Å². The van der Waals surface area contributed by atoms with Crippen molar-refractivity contribution in [3.63, 3.8) is 0 Å². The van der Waals surface area contributed by atoms with Gasteiger partial charge in [0, 0.05) is 6.07 Å². The Labute approximate surface area is 92.2 Å². The van der Waals surface area contributed by atoms with Crippen LogP contribution in [-0.2, 0) is 5.88 Å². The van der Waals surface area contributed by atoms with E-state index >= 15 is 0 Å². The second-order valence-corrected chi connectivity index (χ2v) is 3.79. The summed E-state index contributed by atoms with van der Waals surface area (Å²) in [4.78, 5) is 3.98. The third-order valence-corrected chi connectivity index (χ3v) is 2.26. The molecule has 0 atom stereocenters. The quantitative estimate of drug-likeness (QED) is 0.755. The van der Waals surface area contributed by atoms with Crippen LogP contribution in [0.3, 0.4) is 0 Å². The number of hydrogen-bond donors (Lipinski definition) is 0. The molecule has 0 amide bonds. The van der Waals surface area contributed by atoms with E-state index < -0.39 is 0 Å². The molecule has 2 rings (SSSR count). The standard InChI is InChI=1S/C10H11ClN2O2/c1-6(2)7-3-8(15-13-7)9-5-12-10(4-11)14-9/h3,5-6H,4H2,1-2H3. The van der Waals surface area contributed by atoms with Crippen LogP contribution in [0.25, 0.3) is 11.5 Å². The van der Waals surface area contributed by atoms with Gasteiger partial charge >= 0.3 is 0 Å². The van der Waals surface area contributed by atoms with E-state index in [-0.39, 0.29) is 5.88 Å². The molecule has 2 heterocycles. The van der Waals surface area contributed by atoms with E-state index in [4.69, 9.17) is 20.5 Å². The van der Waals surface area contributed by atoms with Crippen molar-refractivity contribution in [2.75, 3.05) is 0 Å². The van der Waals surface area contributed by atoms with Crippen molar-refractivity contribution in [3.8, 4) is 11.5 Å². The number of hydrogen-bond acceptors (Lipinski definition) is 4. The normalized spacial score (nSPS) is 11.2. The van der Waals surface area contributed by atoms with Crippen LogP contribution in [0.1, 0.15) is 31.4 Å². The second-order valence-electron chi connectivity index (χ2n) is 3.52. The third-order valence-electron chi connectivity index (χ3n) is 2.03. The highest BCUT2D eigenvalue weighted by Gasteiger charge is 2.13. The number of halogens is 1. The summed E-state index contributed by atoms with van der Waals surface area (Å²) in [5.41, 5.74) is 0.897. The maximum Gasteiger partial charge on any atom is 0.210 e. The average Bonchev–Trinajstić information content (AvgIpc) is 2.86. The highest BCUT2D eigenvalue weighted by atomic mass is 35.5. The fraction of sp³-hybridized carbons (Fsp3) is 0.400. The summed E-state index contributed by atoms with van der Waals surface area (Å²) < 4.78 is 10.5. The monoisotopic (exact) mass is 226 g/mol. The lowest BCUT2D eigenvalue weighted by atomic mass is 10.1. The predicted octanol–water partition coefficient (Wildman–Crippen LogP) is 3.19.